The van der Waals surface area contributed by atoms with Crippen LogP contribution in [0.15, 0.2) is 134 Å². The van der Waals surface area contributed by atoms with Crippen molar-refractivity contribution in [3.05, 3.63) is 151 Å². The van der Waals surface area contributed by atoms with E-state index in [0.29, 0.717) is 0 Å². The molecule has 0 N–H and O–H groups in total. The van der Waals surface area contributed by atoms with E-state index in [1.54, 1.807) is 6.20 Å². The number of hydrogen-bond donors (Lipinski definition) is 0. The zero-order chi connectivity index (χ0) is 32.3. The van der Waals surface area contributed by atoms with E-state index in [9.17, 15) is 0 Å². The molecular weight excluding hydrogens is 753 g/mol. The molecule has 7 aromatic rings. The van der Waals surface area contributed by atoms with Gasteiger partial charge in [-0.2, -0.15) is 0 Å². The fourth-order valence-corrected chi connectivity index (χ4v) is 6.44. The summed E-state index contributed by atoms with van der Waals surface area (Å²) in [6, 6.07) is 48.4. The van der Waals surface area contributed by atoms with Gasteiger partial charge in [-0.15, -0.1) is 64.5 Å². The van der Waals surface area contributed by atoms with Crippen LogP contribution in [0, 0.1) is 12.1 Å². The van der Waals surface area contributed by atoms with E-state index in [2.05, 4.69) is 133 Å². The quantitative estimate of drug-likeness (QED) is 0.0986. The van der Waals surface area contributed by atoms with Crippen molar-refractivity contribution >= 4 is 34.8 Å². The molecule has 0 unspecified atom stereocenters. The van der Waals surface area contributed by atoms with Crippen molar-refractivity contribution < 1.29 is 21.5 Å². The maximum atomic E-state index is 8.22. The van der Waals surface area contributed by atoms with Crippen LogP contribution in [-0.4, -0.2) is 18.0 Å². The second-order valence-electron chi connectivity index (χ2n) is 12.6. The summed E-state index contributed by atoms with van der Waals surface area (Å²) >= 11 is 0. The molecule has 46 heavy (non-hydrogen) atoms. The Morgan fingerprint density at radius 3 is 2.13 bits per heavy atom. The van der Waals surface area contributed by atoms with Crippen LogP contribution in [0.1, 0.15) is 26.7 Å². The summed E-state index contributed by atoms with van der Waals surface area (Å²) < 4.78 is 8.22. The average molecular weight is 792 g/mol. The molecule has 231 valence electrons. The minimum Gasteiger partial charge on any atom is -0.305 e. The summed E-state index contributed by atoms with van der Waals surface area (Å²) in [7, 11) is -1.29. The van der Waals surface area contributed by atoms with E-state index in [-0.39, 0.29) is 20.1 Å². The summed E-state index contributed by atoms with van der Waals surface area (Å²) in [5, 5.41) is 6.25. The van der Waals surface area contributed by atoms with Crippen LogP contribution in [0.4, 0.5) is 0 Å². The van der Waals surface area contributed by atoms with Crippen LogP contribution in [-0.2, 0) is 20.1 Å². The van der Waals surface area contributed by atoms with Gasteiger partial charge in [0.2, 0.25) is 0 Å². The molecule has 0 bridgehead atoms. The fourth-order valence-electron chi connectivity index (χ4n) is 5.40. The van der Waals surface area contributed by atoms with E-state index < -0.39 is 14.0 Å². The molecule has 0 saturated carbocycles. The number of benzene rings is 5. The third kappa shape index (κ3) is 7.59. The predicted molar refractivity (Wildman–Crippen MR) is 195 cm³/mol. The van der Waals surface area contributed by atoms with Crippen LogP contribution in [0.25, 0.3) is 55.2 Å². The van der Waals surface area contributed by atoms with Crippen LogP contribution in [0.5, 0.6) is 0 Å². The van der Waals surface area contributed by atoms with Crippen molar-refractivity contribution in [2.24, 2.45) is 0 Å². The van der Waals surface area contributed by atoms with Crippen LogP contribution >= 0.6 is 0 Å². The third-order valence-electron chi connectivity index (χ3n) is 8.10. The number of pyridine rings is 2. The number of rotatable bonds is 5. The summed E-state index contributed by atoms with van der Waals surface area (Å²) in [6.45, 7) is 10.8. The summed E-state index contributed by atoms with van der Waals surface area (Å²) in [4.78, 5) is 9.13. The molecule has 4 heteroatoms. The Kier molecular flexibility index (Phi) is 9.99. The Morgan fingerprint density at radius 2 is 1.39 bits per heavy atom. The van der Waals surface area contributed by atoms with Crippen molar-refractivity contribution in [2.45, 2.75) is 39.4 Å². The molecule has 0 atom stereocenters. The number of nitrogens with zero attached hydrogens (tertiary/aromatic N) is 2. The Hall–Kier alpha value is -4.21. The molecule has 0 aliphatic rings. The Bertz CT molecular complexity index is 2120. The molecule has 2 aromatic heterocycles. The first-order valence-electron chi connectivity index (χ1n) is 15.9. The van der Waals surface area contributed by atoms with Gasteiger partial charge in [0.05, 0.1) is 8.07 Å². The maximum absolute atomic E-state index is 8.22. The molecule has 2 heterocycles. The van der Waals surface area contributed by atoms with Crippen molar-refractivity contribution in [2.75, 3.05) is 0 Å². The van der Waals surface area contributed by atoms with Gasteiger partial charge in [-0.3, -0.25) is 0 Å². The molecule has 0 amide bonds. The molecule has 0 saturated heterocycles. The van der Waals surface area contributed by atoms with E-state index in [4.69, 9.17) is 1.37 Å². The second kappa shape index (κ2) is 14.5. The minimum absolute atomic E-state index is 0. The van der Waals surface area contributed by atoms with Gasteiger partial charge in [0.1, 0.15) is 0 Å². The SMILES string of the molecule is C[Si](C)(C)c1ccc(-c2[c-]ccc(-c3ccccc3)c2)nc1.[2H]C(C)(C)c1ccnc(-c2[c-]cc3c(ccc4ccccc43)c2)c1.[Ir]. The molecule has 5 aromatic carbocycles. The van der Waals surface area contributed by atoms with Gasteiger partial charge in [-0.1, -0.05) is 135 Å². The first kappa shape index (κ1) is 31.8. The second-order valence-corrected chi connectivity index (χ2v) is 17.7. The normalized spacial score (nSPS) is 11.7. The van der Waals surface area contributed by atoms with Gasteiger partial charge in [0.25, 0.3) is 0 Å². The topological polar surface area (TPSA) is 25.8 Å². The number of hydrogen-bond acceptors (Lipinski definition) is 2. The van der Waals surface area contributed by atoms with E-state index >= 15 is 0 Å². The molecule has 1 radical (unpaired) electrons. The van der Waals surface area contributed by atoms with Crippen molar-refractivity contribution in [1.29, 1.82) is 0 Å². The van der Waals surface area contributed by atoms with E-state index in [1.807, 2.05) is 50.4 Å². The molecule has 0 aliphatic carbocycles. The largest absolute Gasteiger partial charge is 0.305 e. The van der Waals surface area contributed by atoms with Gasteiger partial charge in [-0.05, 0) is 39.5 Å². The summed E-state index contributed by atoms with van der Waals surface area (Å²) in [5.74, 6) is -0.634. The zero-order valence-corrected chi connectivity index (χ0v) is 30.3. The Balaban J connectivity index is 0.000000181. The fraction of sp³-hybridized carbons (Fsp3) is 0.143. The van der Waals surface area contributed by atoms with Crippen LogP contribution in [0.3, 0.4) is 0 Å². The van der Waals surface area contributed by atoms with Crippen LogP contribution in [0.2, 0.25) is 19.6 Å². The molecule has 0 aliphatic heterocycles. The van der Waals surface area contributed by atoms with Gasteiger partial charge >= 0.3 is 0 Å². The van der Waals surface area contributed by atoms with Crippen molar-refractivity contribution in [1.82, 2.24) is 9.97 Å². The average Bonchev–Trinajstić information content (AvgIpc) is 3.08. The molecular formula is C42H38IrN2Si-2. The zero-order valence-electron chi connectivity index (χ0n) is 27.9. The van der Waals surface area contributed by atoms with Crippen LogP contribution < -0.4 is 5.19 Å². The monoisotopic (exact) mass is 792 g/mol. The summed E-state index contributed by atoms with van der Waals surface area (Å²) in [5.41, 5.74) is 7.23. The molecule has 0 fully saturated rings. The number of aromatic nitrogens is 2. The minimum atomic E-state index is -1.29. The van der Waals surface area contributed by atoms with E-state index in [0.717, 1.165) is 28.1 Å². The van der Waals surface area contributed by atoms with Gasteiger partial charge < -0.3 is 9.97 Å². The predicted octanol–water partition coefficient (Wildman–Crippen LogP) is 10.7. The Morgan fingerprint density at radius 1 is 0.652 bits per heavy atom. The third-order valence-corrected chi connectivity index (χ3v) is 10.1. The van der Waals surface area contributed by atoms with Crippen molar-refractivity contribution in [3.63, 3.8) is 0 Å². The van der Waals surface area contributed by atoms with Gasteiger partial charge in [-0.25, -0.2) is 0 Å². The van der Waals surface area contributed by atoms with E-state index in [1.165, 1.54) is 37.9 Å². The van der Waals surface area contributed by atoms with Crippen molar-refractivity contribution in [3.8, 4) is 33.6 Å². The molecule has 2 nitrogen and oxygen atoms in total. The summed E-state index contributed by atoms with van der Waals surface area (Å²) in [6.07, 6.45) is 3.81. The number of fused-ring (bicyclic) bond motifs is 3. The smallest absolute Gasteiger partial charge is 0.0795 e. The maximum Gasteiger partial charge on any atom is 0.0795 e. The molecule has 7 rings (SSSR count). The Labute approximate surface area is 289 Å². The van der Waals surface area contributed by atoms with Gasteiger partial charge in [0.15, 0.2) is 0 Å². The first-order valence-corrected chi connectivity index (χ1v) is 18.9. The molecule has 0 spiro atoms. The standard InChI is InChI=1S/C22H18N.C20H20NSi.Ir/c1-15(2)17-11-12-23-22(14-17)19-9-10-21-18(13-19)8-7-16-5-3-4-6-20(16)21;1-22(2,3)19-12-13-20(21-15-19)18-11-7-10-17(14-18)16-8-5-4-6-9-16;/h3-8,10-15H,1-2H3;4-10,12-15H,1-3H3;/q2*-1;/i15D;;. The first-order chi connectivity index (χ1) is 22.1. The van der Waals surface area contributed by atoms with Gasteiger partial charge in [0, 0.05) is 33.9 Å².